The van der Waals surface area contributed by atoms with Gasteiger partial charge in [0.25, 0.3) is 11.8 Å². The number of rotatable bonds is 8. The van der Waals surface area contributed by atoms with Gasteiger partial charge in [0, 0.05) is 63.3 Å². The number of ether oxygens (including phenoxy) is 2. The molecule has 4 aromatic rings. The third-order valence-electron chi connectivity index (χ3n) is 7.35. The maximum Gasteiger partial charge on any atom is 0.509 e. The van der Waals surface area contributed by atoms with E-state index in [2.05, 4.69) is 15.0 Å². The lowest BCUT2D eigenvalue weighted by molar-refractivity contribution is -0.157. The van der Waals surface area contributed by atoms with Crippen molar-refractivity contribution in [3.05, 3.63) is 84.2 Å². The number of hydrogen-bond donors (Lipinski definition) is 0. The molecule has 0 aliphatic carbocycles. The topological polar surface area (TPSA) is 98.0 Å². The molecule has 0 saturated carbocycles. The Bertz CT molecular complexity index is 1530. The first-order chi connectivity index (χ1) is 20.3. The van der Waals surface area contributed by atoms with E-state index in [0.29, 0.717) is 49.4 Å². The molecule has 218 valence electrons. The zero-order valence-electron chi connectivity index (χ0n) is 23.9. The molecule has 0 atom stereocenters. The summed E-state index contributed by atoms with van der Waals surface area (Å²) in [5.74, 6) is 0.0389. The van der Waals surface area contributed by atoms with E-state index in [1.54, 1.807) is 33.2 Å². The highest BCUT2D eigenvalue weighted by molar-refractivity contribution is 5.87. The van der Waals surface area contributed by atoms with Gasteiger partial charge in [-0.2, -0.15) is 4.98 Å². The van der Waals surface area contributed by atoms with Crippen LogP contribution in [0.3, 0.4) is 0 Å². The number of hydrogen-bond acceptors (Lipinski definition) is 8. The van der Waals surface area contributed by atoms with Crippen LogP contribution in [0.5, 0.6) is 0 Å². The molecule has 0 spiro atoms. The Kier molecular flexibility index (Phi) is 8.63. The van der Waals surface area contributed by atoms with Gasteiger partial charge >= 0.3 is 6.16 Å². The lowest BCUT2D eigenvalue weighted by Gasteiger charge is -2.40. The second-order valence-corrected chi connectivity index (χ2v) is 10.4. The number of likely N-dealkylation sites (tertiary alicyclic amines) is 1. The molecule has 10 heteroatoms. The molecule has 1 aliphatic heterocycles. The second-order valence-electron chi connectivity index (χ2n) is 10.4. The number of amides is 1. The van der Waals surface area contributed by atoms with Gasteiger partial charge in [0.05, 0.1) is 6.61 Å². The Morgan fingerprint density at radius 3 is 2.31 bits per heavy atom. The molecule has 0 radical (unpaired) electrons. The van der Waals surface area contributed by atoms with E-state index < -0.39 is 11.8 Å². The van der Waals surface area contributed by atoms with E-state index in [0.717, 1.165) is 16.7 Å². The van der Waals surface area contributed by atoms with Crippen LogP contribution >= 0.6 is 0 Å². The Balaban J connectivity index is 1.22. The fourth-order valence-electron chi connectivity index (χ4n) is 5.12. The maximum atomic E-state index is 14.9. The highest BCUT2D eigenvalue weighted by Crippen LogP contribution is 2.31. The van der Waals surface area contributed by atoms with Gasteiger partial charge in [-0.05, 0) is 30.2 Å². The van der Waals surface area contributed by atoms with E-state index in [-0.39, 0.29) is 24.2 Å². The van der Waals surface area contributed by atoms with Crippen LogP contribution in [0.4, 0.5) is 9.18 Å². The van der Waals surface area contributed by atoms with E-state index in [1.165, 1.54) is 11.0 Å². The van der Waals surface area contributed by atoms with Crippen molar-refractivity contribution in [3.63, 3.8) is 0 Å². The molecule has 1 aromatic heterocycles. The summed E-state index contributed by atoms with van der Waals surface area (Å²) >= 11 is 0. The summed E-state index contributed by atoms with van der Waals surface area (Å²) in [5.41, 5.74) is 2.42. The van der Waals surface area contributed by atoms with Crippen LogP contribution in [0.25, 0.3) is 34.0 Å². The van der Waals surface area contributed by atoms with E-state index in [4.69, 9.17) is 14.0 Å². The largest absolute Gasteiger partial charge is 0.509 e. The fourth-order valence-corrected chi connectivity index (χ4v) is 5.12. The van der Waals surface area contributed by atoms with Gasteiger partial charge in [-0.1, -0.05) is 65.8 Å². The number of carbonyl (C=O) groups excluding carboxylic acids is 2. The van der Waals surface area contributed by atoms with Gasteiger partial charge in [-0.3, -0.25) is 9.69 Å². The summed E-state index contributed by atoms with van der Waals surface area (Å²) in [6.45, 7) is 3.69. The van der Waals surface area contributed by atoms with Crippen LogP contribution in [-0.4, -0.2) is 71.4 Å². The molecule has 1 aliphatic rings. The number of likely N-dealkylation sites (N-methyl/N-ethyl adjacent to an activating group) is 1. The predicted molar refractivity (Wildman–Crippen MR) is 155 cm³/mol. The van der Waals surface area contributed by atoms with Gasteiger partial charge in [0.15, 0.2) is 5.60 Å². The number of aromatic nitrogens is 2. The molecule has 5 rings (SSSR count). The van der Waals surface area contributed by atoms with E-state index in [9.17, 15) is 14.0 Å². The fraction of sp³-hybridized carbons (Fsp3) is 0.312. The Morgan fingerprint density at radius 1 is 0.976 bits per heavy atom. The molecule has 2 heterocycles. The number of carbonyl (C=O) groups is 2. The summed E-state index contributed by atoms with van der Waals surface area (Å²) < 4.78 is 30.8. The molecule has 3 aromatic carbocycles. The van der Waals surface area contributed by atoms with Gasteiger partial charge in [-0.15, -0.1) is 0 Å². The molecule has 0 unspecified atom stereocenters. The van der Waals surface area contributed by atoms with Crippen LogP contribution in [0.2, 0.25) is 0 Å². The van der Waals surface area contributed by atoms with E-state index in [1.807, 2.05) is 54.6 Å². The monoisotopic (exact) mass is 572 g/mol. The van der Waals surface area contributed by atoms with Crippen LogP contribution in [-0.2, 0) is 20.8 Å². The lowest BCUT2D eigenvalue weighted by atomic mass is 9.89. The van der Waals surface area contributed by atoms with Crippen LogP contribution in [0.1, 0.15) is 25.3 Å². The smallest absolute Gasteiger partial charge is 0.435 e. The standard InChI is InChI=1S/C32H33FN4O5/c1-4-40-31(39)41-32(30(38)36(2)3)16-18-37(19-17-32)21-22-10-12-24(13-11-22)28-34-29(42-35-28)25-14-15-26(27(33)20-25)23-8-6-5-7-9-23/h5-15,20H,4,16-19,21H2,1-3H3. The van der Waals surface area contributed by atoms with Crippen molar-refractivity contribution in [3.8, 4) is 34.0 Å². The summed E-state index contributed by atoms with van der Waals surface area (Å²) in [6, 6.07) is 22.0. The highest BCUT2D eigenvalue weighted by Gasteiger charge is 2.46. The summed E-state index contributed by atoms with van der Waals surface area (Å²) in [5, 5.41) is 4.10. The SMILES string of the molecule is CCOC(=O)OC1(C(=O)N(C)C)CCN(Cc2ccc(-c3noc(-c4ccc(-c5ccccc5)c(F)c4)n3)cc2)CC1. The average Bonchev–Trinajstić information content (AvgIpc) is 3.49. The first-order valence-corrected chi connectivity index (χ1v) is 13.9. The van der Waals surface area contributed by atoms with Crippen molar-refractivity contribution >= 4 is 12.1 Å². The van der Waals surface area contributed by atoms with Crippen LogP contribution < -0.4 is 0 Å². The zero-order chi connectivity index (χ0) is 29.7. The van der Waals surface area contributed by atoms with Gasteiger partial charge < -0.3 is 18.9 Å². The van der Waals surface area contributed by atoms with Gasteiger partial charge in [0.1, 0.15) is 5.82 Å². The third kappa shape index (κ3) is 6.33. The minimum absolute atomic E-state index is 0.179. The van der Waals surface area contributed by atoms with Crippen molar-refractivity contribution in [2.45, 2.75) is 31.9 Å². The number of benzene rings is 3. The minimum atomic E-state index is -1.22. The van der Waals surface area contributed by atoms with E-state index >= 15 is 0 Å². The summed E-state index contributed by atoms with van der Waals surface area (Å²) in [6.07, 6.45) is -0.0745. The minimum Gasteiger partial charge on any atom is -0.435 e. The summed E-state index contributed by atoms with van der Waals surface area (Å²) in [4.78, 5) is 33.1. The van der Waals surface area contributed by atoms with Gasteiger partial charge in [-0.25, -0.2) is 9.18 Å². The number of nitrogens with zero attached hydrogens (tertiary/aromatic N) is 4. The molecular formula is C32H33FN4O5. The molecule has 1 saturated heterocycles. The van der Waals surface area contributed by atoms with Crippen molar-refractivity contribution in [1.29, 1.82) is 0 Å². The quantitative estimate of drug-likeness (QED) is 0.244. The zero-order valence-corrected chi connectivity index (χ0v) is 23.9. The average molecular weight is 573 g/mol. The van der Waals surface area contributed by atoms with Crippen molar-refractivity contribution < 1.29 is 28.0 Å². The highest BCUT2D eigenvalue weighted by atomic mass is 19.1. The maximum absolute atomic E-state index is 14.9. The van der Waals surface area contributed by atoms with Crippen molar-refractivity contribution in [2.75, 3.05) is 33.8 Å². The summed E-state index contributed by atoms with van der Waals surface area (Å²) in [7, 11) is 3.30. The first-order valence-electron chi connectivity index (χ1n) is 13.9. The van der Waals surface area contributed by atoms with Crippen molar-refractivity contribution in [2.24, 2.45) is 0 Å². The Morgan fingerprint density at radius 2 is 1.67 bits per heavy atom. The number of piperidine rings is 1. The van der Waals surface area contributed by atoms with Gasteiger partial charge in [0.2, 0.25) is 5.82 Å². The molecule has 1 amide bonds. The normalized spacial score (nSPS) is 14.8. The molecule has 0 bridgehead atoms. The second kappa shape index (κ2) is 12.5. The predicted octanol–water partition coefficient (Wildman–Crippen LogP) is 5.81. The van der Waals surface area contributed by atoms with Crippen LogP contribution in [0, 0.1) is 5.82 Å². The molecule has 1 fully saturated rings. The molecule has 0 N–H and O–H groups in total. The molecular weight excluding hydrogens is 539 g/mol. The lowest BCUT2D eigenvalue weighted by Crippen LogP contribution is -2.55. The molecule has 42 heavy (non-hydrogen) atoms. The van der Waals surface area contributed by atoms with Crippen molar-refractivity contribution in [1.82, 2.24) is 19.9 Å². The number of halogens is 1. The third-order valence-corrected chi connectivity index (χ3v) is 7.35. The van der Waals surface area contributed by atoms with Crippen LogP contribution in [0.15, 0.2) is 77.3 Å². The Hall–Kier alpha value is -4.57. The Labute approximate surface area is 243 Å². The first kappa shape index (κ1) is 28.9. The molecule has 9 nitrogen and oxygen atoms in total.